The molecule has 0 aromatic carbocycles. The van der Waals surface area contributed by atoms with Crippen LogP contribution in [0, 0.1) is 0 Å². The molecule has 0 radical (unpaired) electrons. The lowest BCUT2D eigenvalue weighted by Gasteiger charge is -2.23. The summed E-state index contributed by atoms with van der Waals surface area (Å²) in [5.74, 6) is 0.520. The minimum atomic E-state index is -0.355. The third-order valence-electron chi connectivity index (χ3n) is 4.07. The Hall–Kier alpha value is -1.57. The zero-order chi connectivity index (χ0) is 16.8. The first-order chi connectivity index (χ1) is 11.0. The van der Waals surface area contributed by atoms with Crippen molar-refractivity contribution in [2.24, 2.45) is 12.8 Å². The Morgan fingerprint density at radius 3 is 2.48 bits per heavy atom. The fourth-order valence-electron chi connectivity index (χ4n) is 2.66. The largest absolute Gasteiger partial charge is 0.370 e. The van der Waals surface area contributed by atoms with Gasteiger partial charge in [0, 0.05) is 33.0 Å². The van der Waals surface area contributed by atoms with Gasteiger partial charge in [-0.3, -0.25) is 9.59 Å². The lowest BCUT2D eigenvalue weighted by Crippen LogP contribution is -2.37. The first-order valence-corrected chi connectivity index (χ1v) is 8.99. The molecular weight excluding hydrogens is 314 g/mol. The number of carbonyl (C=O) groups is 2. The first kappa shape index (κ1) is 17.8. The van der Waals surface area contributed by atoms with Crippen molar-refractivity contribution in [2.75, 3.05) is 13.1 Å². The molecule has 128 valence electrons. The van der Waals surface area contributed by atoms with Crippen LogP contribution >= 0.6 is 11.8 Å². The fraction of sp³-hybridized carbons (Fsp3) is 0.733. The first-order valence-electron chi connectivity index (χ1n) is 8.11. The number of carbonyl (C=O) groups excluding carboxylic acids is 2. The van der Waals surface area contributed by atoms with E-state index in [0.29, 0.717) is 17.4 Å². The number of amides is 2. The molecule has 2 rings (SSSR count). The van der Waals surface area contributed by atoms with E-state index in [1.165, 1.54) is 24.6 Å². The van der Waals surface area contributed by atoms with Crippen molar-refractivity contribution >= 4 is 23.6 Å². The van der Waals surface area contributed by atoms with Crippen LogP contribution < -0.4 is 5.73 Å². The zero-order valence-corrected chi connectivity index (χ0v) is 14.6. The molecule has 2 heterocycles. The van der Waals surface area contributed by atoms with Gasteiger partial charge >= 0.3 is 0 Å². The number of aromatic nitrogens is 3. The topological polar surface area (TPSA) is 94.1 Å². The number of aryl methyl sites for hydroxylation is 1. The molecule has 8 heteroatoms. The number of nitrogens with zero attached hydrogens (tertiary/aromatic N) is 4. The van der Waals surface area contributed by atoms with E-state index >= 15 is 0 Å². The lowest BCUT2D eigenvalue weighted by atomic mass is 10.2. The molecule has 1 aromatic rings. The number of thioether (sulfide) groups is 1. The highest BCUT2D eigenvalue weighted by Crippen LogP contribution is 2.24. The van der Waals surface area contributed by atoms with Crippen molar-refractivity contribution in [3.05, 3.63) is 5.82 Å². The smallest absolute Gasteiger partial charge is 0.235 e. The minimum Gasteiger partial charge on any atom is -0.370 e. The van der Waals surface area contributed by atoms with E-state index in [1.54, 1.807) is 0 Å². The van der Waals surface area contributed by atoms with Crippen molar-refractivity contribution < 1.29 is 9.59 Å². The number of rotatable bonds is 6. The van der Waals surface area contributed by atoms with Crippen molar-refractivity contribution in [2.45, 2.75) is 55.9 Å². The van der Waals surface area contributed by atoms with Crippen molar-refractivity contribution in [1.29, 1.82) is 0 Å². The van der Waals surface area contributed by atoms with Gasteiger partial charge in [-0.25, -0.2) is 0 Å². The van der Waals surface area contributed by atoms with Crippen LogP contribution in [-0.2, 0) is 23.1 Å². The number of likely N-dealkylation sites (tertiary alicyclic amines) is 1. The second-order valence-corrected chi connectivity index (χ2v) is 7.23. The Morgan fingerprint density at radius 2 is 1.87 bits per heavy atom. The number of hydrogen-bond donors (Lipinski definition) is 1. The summed E-state index contributed by atoms with van der Waals surface area (Å²) in [4.78, 5) is 25.4. The molecule has 7 nitrogen and oxygen atoms in total. The van der Waals surface area contributed by atoms with Crippen LogP contribution in [-0.4, -0.2) is 49.8 Å². The molecule has 0 unspecified atom stereocenters. The van der Waals surface area contributed by atoms with Gasteiger partial charge in [0.1, 0.15) is 5.82 Å². The standard InChI is InChI=1S/C15H25N5O2S/c1-11(14(22)20-9-5-3-4-6-10-20)23-15-18-17-13(19(15)2)8-7-12(16)21/h11H,3-10H2,1-2H3,(H2,16,21)/t11-/m1/s1. The predicted octanol–water partition coefficient (Wildman–Crippen LogP) is 1.12. The summed E-state index contributed by atoms with van der Waals surface area (Å²) in [5, 5.41) is 8.72. The van der Waals surface area contributed by atoms with E-state index in [0.717, 1.165) is 25.9 Å². The quantitative estimate of drug-likeness (QED) is 0.784. The predicted molar refractivity (Wildman–Crippen MR) is 88.9 cm³/mol. The van der Waals surface area contributed by atoms with E-state index in [4.69, 9.17) is 5.73 Å². The monoisotopic (exact) mass is 339 g/mol. The summed E-state index contributed by atoms with van der Waals surface area (Å²) in [6, 6.07) is 0. The van der Waals surface area contributed by atoms with Crippen LogP contribution in [0.2, 0.25) is 0 Å². The summed E-state index contributed by atoms with van der Waals surface area (Å²) in [6.07, 6.45) is 5.30. The highest BCUT2D eigenvalue weighted by Gasteiger charge is 2.24. The molecule has 1 aromatic heterocycles. The highest BCUT2D eigenvalue weighted by molar-refractivity contribution is 8.00. The molecule has 1 fully saturated rings. The van der Waals surface area contributed by atoms with Gasteiger partial charge in [0.25, 0.3) is 0 Å². The SMILES string of the molecule is C[C@@H](Sc1nnc(CCC(N)=O)n1C)C(=O)N1CCCCCC1. The molecule has 1 aliphatic heterocycles. The second kappa shape index (κ2) is 8.33. The van der Waals surface area contributed by atoms with Gasteiger partial charge in [0.2, 0.25) is 11.8 Å². The van der Waals surface area contributed by atoms with Crippen LogP contribution in [0.3, 0.4) is 0 Å². The van der Waals surface area contributed by atoms with Gasteiger partial charge in [-0.2, -0.15) is 0 Å². The maximum Gasteiger partial charge on any atom is 0.235 e. The molecular formula is C15H25N5O2S. The van der Waals surface area contributed by atoms with E-state index in [1.807, 2.05) is 23.4 Å². The van der Waals surface area contributed by atoms with Crippen molar-refractivity contribution in [1.82, 2.24) is 19.7 Å². The summed E-state index contributed by atoms with van der Waals surface area (Å²) < 4.78 is 1.83. The van der Waals surface area contributed by atoms with Gasteiger partial charge in [0.05, 0.1) is 5.25 Å². The number of primary amides is 1. The summed E-state index contributed by atoms with van der Waals surface area (Å²) >= 11 is 1.42. The maximum atomic E-state index is 12.6. The number of hydrogen-bond acceptors (Lipinski definition) is 5. The van der Waals surface area contributed by atoms with Gasteiger partial charge < -0.3 is 15.2 Å². The van der Waals surface area contributed by atoms with Gasteiger partial charge in [0.15, 0.2) is 5.16 Å². The Balaban J connectivity index is 1.95. The van der Waals surface area contributed by atoms with Gasteiger partial charge in [-0.1, -0.05) is 24.6 Å². The van der Waals surface area contributed by atoms with Gasteiger partial charge in [-0.15, -0.1) is 10.2 Å². The van der Waals surface area contributed by atoms with Crippen molar-refractivity contribution in [3.8, 4) is 0 Å². The van der Waals surface area contributed by atoms with Crippen LogP contribution in [0.5, 0.6) is 0 Å². The molecule has 2 amide bonds. The van der Waals surface area contributed by atoms with Crippen LogP contribution in [0.25, 0.3) is 0 Å². The van der Waals surface area contributed by atoms with Gasteiger partial charge in [-0.05, 0) is 19.8 Å². The Labute approximate surface area is 141 Å². The molecule has 1 saturated heterocycles. The fourth-order valence-corrected chi connectivity index (χ4v) is 3.57. The van der Waals surface area contributed by atoms with E-state index in [2.05, 4.69) is 10.2 Å². The Bertz CT molecular complexity index is 552. The summed E-state index contributed by atoms with van der Waals surface area (Å²) in [6.45, 7) is 3.62. The summed E-state index contributed by atoms with van der Waals surface area (Å²) in [5.41, 5.74) is 5.16. The number of nitrogens with two attached hydrogens (primary N) is 1. The molecule has 0 saturated carbocycles. The molecule has 1 aliphatic rings. The van der Waals surface area contributed by atoms with Crippen LogP contribution in [0.4, 0.5) is 0 Å². The Kier molecular flexibility index (Phi) is 6.44. The lowest BCUT2D eigenvalue weighted by molar-refractivity contribution is -0.130. The summed E-state index contributed by atoms with van der Waals surface area (Å²) in [7, 11) is 1.85. The molecule has 1 atom stereocenters. The zero-order valence-electron chi connectivity index (χ0n) is 13.8. The highest BCUT2D eigenvalue weighted by atomic mass is 32.2. The Morgan fingerprint density at radius 1 is 1.22 bits per heavy atom. The van der Waals surface area contributed by atoms with E-state index in [-0.39, 0.29) is 23.5 Å². The second-order valence-electron chi connectivity index (χ2n) is 5.92. The van der Waals surface area contributed by atoms with E-state index < -0.39 is 0 Å². The van der Waals surface area contributed by atoms with Crippen LogP contribution in [0.15, 0.2) is 5.16 Å². The normalized spacial score (nSPS) is 16.9. The third kappa shape index (κ3) is 4.95. The average Bonchev–Trinajstić information content (AvgIpc) is 2.72. The average molecular weight is 339 g/mol. The molecule has 2 N–H and O–H groups in total. The molecule has 0 bridgehead atoms. The van der Waals surface area contributed by atoms with E-state index in [9.17, 15) is 9.59 Å². The molecule has 23 heavy (non-hydrogen) atoms. The third-order valence-corrected chi connectivity index (χ3v) is 5.19. The maximum absolute atomic E-state index is 12.6. The van der Waals surface area contributed by atoms with Crippen LogP contribution in [0.1, 0.15) is 44.9 Å². The molecule has 0 aliphatic carbocycles. The molecule has 0 spiro atoms. The van der Waals surface area contributed by atoms with Crippen molar-refractivity contribution in [3.63, 3.8) is 0 Å². The minimum absolute atomic E-state index is 0.165.